The lowest BCUT2D eigenvalue weighted by molar-refractivity contribution is 0.265. The first-order chi connectivity index (χ1) is 9.93. The first kappa shape index (κ1) is 11.6. The largest absolute Gasteiger partial charge is 0.362 e. The first-order valence-corrected chi connectivity index (χ1v) is 7.36. The molecule has 2 unspecified atom stereocenters. The smallest absolute Gasteiger partial charge is 0.111 e. The van der Waals surface area contributed by atoms with Crippen LogP contribution in [0.15, 0.2) is 77.5 Å². The molecule has 4 rings (SSSR count). The van der Waals surface area contributed by atoms with Crippen LogP contribution in [-0.2, 0) is 0 Å². The van der Waals surface area contributed by atoms with Crippen molar-refractivity contribution in [2.24, 2.45) is 5.92 Å². The average molecular weight is 262 g/mol. The molecular weight excluding hydrogens is 244 g/mol. The van der Waals surface area contributed by atoms with Gasteiger partial charge in [0.25, 0.3) is 0 Å². The minimum absolute atomic E-state index is 0.310. The molecule has 4 aliphatic rings. The van der Waals surface area contributed by atoms with E-state index in [1.807, 2.05) is 0 Å². The van der Waals surface area contributed by atoms with Crippen LogP contribution in [0.4, 0.5) is 0 Å². The van der Waals surface area contributed by atoms with Crippen LogP contribution in [0.2, 0.25) is 0 Å². The van der Waals surface area contributed by atoms with Gasteiger partial charge in [-0.1, -0.05) is 36.5 Å². The highest BCUT2D eigenvalue weighted by Crippen LogP contribution is 2.35. The highest BCUT2D eigenvalue weighted by Gasteiger charge is 2.36. The molecule has 2 atom stereocenters. The van der Waals surface area contributed by atoms with Crippen LogP contribution in [0, 0.1) is 5.92 Å². The SMILES string of the molecule is C1=CC2=C(C=1)N(C1=CCCC=C1)C(C1C=CC=CC1)N2. The maximum absolute atomic E-state index is 3.67. The summed E-state index contributed by atoms with van der Waals surface area (Å²) >= 11 is 0. The Balaban J connectivity index is 1.68. The molecule has 100 valence electrons. The molecule has 0 saturated heterocycles. The zero-order valence-electron chi connectivity index (χ0n) is 11.4. The van der Waals surface area contributed by atoms with Gasteiger partial charge in [0, 0.05) is 23.8 Å². The average Bonchev–Trinajstić information content (AvgIpc) is 3.09. The fourth-order valence-electron chi connectivity index (χ4n) is 3.25. The molecule has 1 N–H and O–H groups in total. The number of nitrogens with zero attached hydrogens (tertiary/aromatic N) is 1. The van der Waals surface area contributed by atoms with Gasteiger partial charge in [0.05, 0.1) is 11.4 Å². The lowest BCUT2D eigenvalue weighted by Crippen LogP contribution is -2.42. The van der Waals surface area contributed by atoms with E-state index in [0.29, 0.717) is 12.1 Å². The van der Waals surface area contributed by atoms with Gasteiger partial charge in [-0.2, -0.15) is 0 Å². The molecule has 3 aliphatic carbocycles. The number of nitrogens with one attached hydrogen (secondary N) is 1. The molecule has 0 radical (unpaired) electrons. The Morgan fingerprint density at radius 3 is 2.95 bits per heavy atom. The summed E-state index contributed by atoms with van der Waals surface area (Å²) in [6.07, 6.45) is 23.6. The fraction of sp³-hybridized carbons (Fsp3) is 0.278. The predicted octanol–water partition coefficient (Wildman–Crippen LogP) is 3.52. The molecule has 0 amide bonds. The predicted molar refractivity (Wildman–Crippen MR) is 81.3 cm³/mol. The van der Waals surface area contributed by atoms with Crippen molar-refractivity contribution in [3.8, 4) is 0 Å². The van der Waals surface area contributed by atoms with Crippen LogP contribution < -0.4 is 5.32 Å². The number of hydrogen-bond donors (Lipinski definition) is 1. The van der Waals surface area contributed by atoms with Crippen LogP contribution >= 0.6 is 0 Å². The van der Waals surface area contributed by atoms with E-state index in [2.05, 4.69) is 70.6 Å². The van der Waals surface area contributed by atoms with E-state index in [1.54, 1.807) is 0 Å². The summed E-state index contributed by atoms with van der Waals surface area (Å²) in [6, 6.07) is 0. The third kappa shape index (κ3) is 1.81. The molecule has 2 heteroatoms. The minimum atomic E-state index is 0.310. The van der Waals surface area contributed by atoms with Crippen molar-refractivity contribution in [2.45, 2.75) is 25.4 Å². The first-order valence-electron chi connectivity index (χ1n) is 7.36. The van der Waals surface area contributed by atoms with Gasteiger partial charge in [-0.25, -0.2) is 0 Å². The third-order valence-electron chi connectivity index (χ3n) is 4.24. The topological polar surface area (TPSA) is 15.3 Å². The Kier molecular flexibility index (Phi) is 2.75. The molecule has 1 heterocycles. The summed E-state index contributed by atoms with van der Waals surface area (Å²) in [4.78, 5) is 2.44. The Bertz CT molecular complexity index is 636. The van der Waals surface area contributed by atoms with Gasteiger partial charge >= 0.3 is 0 Å². The van der Waals surface area contributed by atoms with E-state index >= 15 is 0 Å². The molecule has 0 bridgehead atoms. The molecule has 1 aliphatic heterocycles. The second-order valence-corrected chi connectivity index (χ2v) is 5.53. The molecule has 20 heavy (non-hydrogen) atoms. The van der Waals surface area contributed by atoms with Gasteiger partial charge in [0.2, 0.25) is 0 Å². The van der Waals surface area contributed by atoms with Gasteiger partial charge in [-0.15, -0.1) is 5.73 Å². The Labute approximate surface area is 119 Å². The fourth-order valence-corrected chi connectivity index (χ4v) is 3.25. The summed E-state index contributed by atoms with van der Waals surface area (Å²) in [5.74, 6) is 0.503. The maximum atomic E-state index is 3.67. The van der Waals surface area contributed by atoms with E-state index in [0.717, 1.165) is 19.3 Å². The quantitative estimate of drug-likeness (QED) is 0.766. The van der Waals surface area contributed by atoms with E-state index < -0.39 is 0 Å². The van der Waals surface area contributed by atoms with Crippen molar-refractivity contribution in [3.63, 3.8) is 0 Å². The Hall–Kier alpha value is -2.18. The van der Waals surface area contributed by atoms with Crippen molar-refractivity contribution in [3.05, 3.63) is 77.5 Å². The van der Waals surface area contributed by atoms with Crippen LogP contribution in [0.3, 0.4) is 0 Å². The molecule has 2 nitrogen and oxygen atoms in total. The molecule has 0 fully saturated rings. The number of hydrogen-bond acceptors (Lipinski definition) is 2. The summed E-state index contributed by atoms with van der Waals surface area (Å²) in [6.45, 7) is 0. The summed E-state index contributed by atoms with van der Waals surface area (Å²) in [7, 11) is 0. The highest BCUT2D eigenvalue weighted by molar-refractivity contribution is 5.45. The second kappa shape index (κ2) is 4.73. The lowest BCUT2D eigenvalue weighted by Gasteiger charge is -2.34. The molecule has 0 aromatic heterocycles. The number of rotatable bonds is 2. The molecule has 0 aromatic carbocycles. The van der Waals surface area contributed by atoms with Crippen molar-refractivity contribution in [2.75, 3.05) is 0 Å². The van der Waals surface area contributed by atoms with Crippen molar-refractivity contribution >= 4 is 0 Å². The van der Waals surface area contributed by atoms with E-state index in [4.69, 9.17) is 0 Å². The van der Waals surface area contributed by atoms with E-state index in [-0.39, 0.29) is 0 Å². The molecule has 0 saturated carbocycles. The maximum Gasteiger partial charge on any atom is 0.111 e. The van der Waals surface area contributed by atoms with Crippen molar-refractivity contribution in [1.82, 2.24) is 10.2 Å². The van der Waals surface area contributed by atoms with E-state index in [1.165, 1.54) is 17.1 Å². The normalized spacial score (nSPS) is 30.0. The monoisotopic (exact) mass is 262 g/mol. The van der Waals surface area contributed by atoms with E-state index in [9.17, 15) is 0 Å². The lowest BCUT2D eigenvalue weighted by atomic mass is 9.96. The third-order valence-corrected chi connectivity index (χ3v) is 4.24. The van der Waals surface area contributed by atoms with Crippen LogP contribution in [-0.4, -0.2) is 11.1 Å². The zero-order valence-corrected chi connectivity index (χ0v) is 11.4. The van der Waals surface area contributed by atoms with Gasteiger partial charge in [-0.3, -0.25) is 0 Å². The van der Waals surface area contributed by atoms with Gasteiger partial charge in [-0.05, 0) is 25.3 Å². The summed E-state index contributed by atoms with van der Waals surface area (Å²) in [5, 5.41) is 3.67. The van der Waals surface area contributed by atoms with Gasteiger partial charge in [0.1, 0.15) is 6.17 Å². The minimum Gasteiger partial charge on any atom is -0.362 e. The Morgan fingerprint density at radius 2 is 2.15 bits per heavy atom. The van der Waals surface area contributed by atoms with Crippen LogP contribution in [0.5, 0.6) is 0 Å². The van der Waals surface area contributed by atoms with Crippen LogP contribution in [0.25, 0.3) is 0 Å². The van der Waals surface area contributed by atoms with Crippen molar-refractivity contribution < 1.29 is 0 Å². The summed E-state index contributed by atoms with van der Waals surface area (Å²) < 4.78 is 0. The summed E-state index contributed by atoms with van der Waals surface area (Å²) in [5.41, 5.74) is 6.99. The molecule has 0 spiro atoms. The molecular formula is C18H18N2. The van der Waals surface area contributed by atoms with Gasteiger partial charge in [0.15, 0.2) is 0 Å². The molecule has 0 aromatic rings. The number of allylic oxidation sites excluding steroid dienone is 8. The second-order valence-electron chi connectivity index (χ2n) is 5.53. The Morgan fingerprint density at radius 1 is 1.15 bits per heavy atom. The van der Waals surface area contributed by atoms with Gasteiger partial charge < -0.3 is 10.2 Å². The van der Waals surface area contributed by atoms with Crippen LogP contribution in [0.1, 0.15) is 19.3 Å². The zero-order chi connectivity index (χ0) is 13.4. The standard InChI is InChI=1S/C18H18N2/c1-3-8-14(9-4-1)18-19-16-12-7-13-17(16)20(18)15-10-5-2-6-11-15/h1,3-5,8,10-14,18-19H,2,6,9H2. The van der Waals surface area contributed by atoms with Crippen molar-refractivity contribution in [1.29, 1.82) is 0 Å². The highest BCUT2D eigenvalue weighted by atomic mass is 15.3.